The zero-order valence-electron chi connectivity index (χ0n) is 10.0. The van der Waals surface area contributed by atoms with Gasteiger partial charge in [-0.1, -0.05) is 0 Å². The quantitative estimate of drug-likeness (QED) is 0.675. The maximum atomic E-state index is 13.6. The van der Waals surface area contributed by atoms with Crippen LogP contribution in [0.25, 0.3) is 0 Å². The molecule has 0 bridgehead atoms. The first-order valence-electron chi connectivity index (χ1n) is 5.78. The number of sulfone groups is 1. The number of hydrogen-bond donors (Lipinski definition) is 1. The van der Waals surface area contributed by atoms with E-state index in [0.29, 0.717) is 12.8 Å². The van der Waals surface area contributed by atoms with E-state index >= 15 is 0 Å². The summed E-state index contributed by atoms with van der Waals surface area (Å²) in [6.45, 7) is 0. The van der Waals surface area contributed by atoms with Crippen LogP contribution in [0.4, 0.5) is 15.8 Å². The van der Waals surface area contributed by atoms with Crippen LogP contribution in [0.5, 0.6) is 0 Å². The van der Waals surface area contributed by atoms with Gasteiger partial charge in [0.2, 0.25) is 0 Å². The minimum atomic E-state index is -2.96. The van der Waals surface area contributed by atoms with Crippen molar-refractivity contribution in [3.05, 3.63) is 34.1 Å². The second-order valence-electron chi connectivity index (χ2n) is 4.49. The Balaban J connectivity index is 2.06. The molecule has 0 aromatic heterocycles. The second-order valence-corrected chi connectivity index (χ2v) is 6.80. The van der Waals surface area contributed by atoms with Crippen molar-refractivity contribution < 1.29 is 17.7 Å². The van der Waals surface area contributed by atoms with Crippen molar-refractivity contribution in [2.24, 2.45) is 0 Å². The highest BCUT2D eigenvalue weighted by molar-refractivity contribution is 7.91. The third-order valence-electron chi connectivity index (χ3n) is 3.08. The predicted octanol–water partition coefficient (Wildman–Crippen LogP) is 1.72. The molecule has 104 valence electrons. The molecule has 6 nitrogen and oxygen atoms in total. The van der Waals surface area contributed by atoms with Crippen LogP contribution in [0.1, 0.15) is 12.8 Å². The van der Waals surface area contributed by atoms with Gasteiger partial charge in [-0.2, -0.15) is 0 Å². The van der Waals surface area contributed by atoms with Crippen molar-refractivity contribution in [3.63, 3.8) is 0 Å². The van der Waals surface area contributed by atoms with Crippen molar-refractivity contribution in [3.8, 4) is 0 Å². The molecular formula is C11H13FN2O4S. The van der Waals surface area contributed by atoms with E-state index in [-0.39, 0.29) is 28.9 Å². The highest BCUT2D eigenvalue weighted by Gasteiger charge is 2.24. The van der Waals surface area contributed by atoms with Gasteiger partial charge in [-0.25, -0.2) is 12.8 Å². The van der Waals surface area contributed by atoms with Gasteiger partial charge in [-0.15, -0.1) is 0 Å². The van der Waals surface area contributed by atoms with Crippen LogP contribution >= 0.6 is 0 Å². The summed E-state index contributed by atoms with van der Waals surface area (Å²) in [4.78, 5) is 9.81. The number of nitro groups is 1. The third kappa shape index (κ3) is 3.40. The maximum absolute atomic E-state index is 13.6. The molecule has 1 aliphatic rings. The molecule has 1 fully saturated rings. The average Bonchev–Trinajstić information content (AvgIpc) is 2.34. The Hall–Kier alpha value is -1.70. The summed E-state index contributed by atoms with van der Waals surface area (Å²) in [5.74, 6) is -0.541. The lowest BCUT2D eigenvalue weighted by molar-refractivity contribution is -0.385. The van der Waals surface area contributed by atoms with Crippen molar-refractivity contribution >= 4 is 21.2 Å². The SMILES string of the molecule is O=[N+]([O-])c1ccc(NC2CCS(=O)(=O)CC2)c(F)c1. The molecule has 1 heterocycles. The van der Waals surface area contributed by atoms with Gasteiger partial charge in [0.05, 0.1) is 28.2 Å². The Labute approximate surface area is 109 Å². The van der Waals surface area contributed by atoms with Gasteiger partial charge < -0.3 is 5.32 Å². The predicted molar refractivity (Wildman–Crippen MR) is 68.4 cm³/mol. The van der Waals surface area contributed by atoms with E-state index in [1.165, 1.54) is 12.1 Å². The van der Waals surface area contributed by atoms with Gasteiger partial charge in [-0.3, -0.25) is 10.1 Å². The van der Waals surface area contributed by atoms with E-state index in [1.54, 1.807) is 0 Å². The van der Waals surface area contributed by atoms with Gasteiger partial charge in [-0.05, 0) is 18.9 Å². The minimum Gasteiger partial charge on any atom is -0.380 e. The van der Waals surface area contributed by atoms with E-state index < -0.39 is 20.6 Å². The molecule has 0 saturated carbocycles. The third-order valence-corrected chi connectivity index (χ3v) is 4.79. The molecule has 19 heavy (non-hydrogen) atoms. The first kappa shape index (κ1) is 13.7. The number of hydrogen-bond acceptors (Lipinski definition) is 5. The normalized spacial score (nSPS) is 19.0. The van der Waals surface area contributed by atoms with Crippen LogP contribution in [0, 0.1) is 15.9 Å². The van der Waals surface area contributed by atoms with Gasteiger partial charge in [0.25, 0.3) is 5.69 Å². The monoisotopic (exact) mass is 288 g/mol. The molecule has 1 aromatic carbocycles. The topological polar surface area (TPSA) is 89.3 Å². The molecule has 1 N–H and O–H groups in total. The van der Waals surface area contributed by atoms with E-state index in [9.17, 15) is 22.9 Å². The van der Waals surface area contributed by atoms with E-state index in [0.717, 1.165) is 6.07 Å². The number of anilines is 1. The number of rotatable bonds is 3. The molecule has 1 aliphatic heterocycles. The van der Waals surface area contributed by atoms with Crippen LogP contribution in [0.2, 0.25) is 0 Å². The Morgan fingerprint density at radius 2 is 1.95 bits per heavy atom. The molecule has 2 rings (SSSR count). The molecule has 0 radical (unpaired) electrons. The van der Waals surface area contributed by atoms with Crippen LogP contribution < -0.4 is 5.32 Å². The van der Waals surface area contributed by atoms with Crippen molar-refractivity contribution in [2.45, 2.75) is 18.9 Å². The zero-order valence-corrected chi connectivity index (χ0v) is 10.8. The summed E-state index contributed by atoms with van der Waals surface area (Å²) < 4.78 is 36.1. The van der Waals surface area contributed by atoms with Gasteiger partial charge in [0.1, 0.15) is 9.84 Å². The molecular weight excluding hydrogens is 275 g/mol. The average molecular weight is 288 g/mol. The zero-order chi connectivity index (χ0) is 14.0. The number of benzene rings is 1. The van der Waals surface area contributed by atoms with Crippen LogP contribution in [0.15, 0.2) is 18.2 Å². The fourth-order valence-corrected chi connectivity index (χ4v) is 3.48. The molecule has 0 amide bonds. The molecule has 0 spiro atoms. The smallest absolute Gasteiger partial charge is 0.272 e. The molecule has 8 heteroatoms. The summed E-state index contributed by atoms with van der Waals surface area (Å²) in [6.07, 6.45) is 0.831. The Morgan fingerprint density at radius 3 is 2.47 bits per heavy atom. The van der Waals surface area contributed by atoms with Crippen LogP contribution in [-0.2, 0) is 9.84 Å². The summed E-state index contributed by atoms with van der Waals surface area (Å²) in [5, 5.41) is 13.4. The lowest BCUT2D eigenvalue weighted by Crippen LogP contribution is -2.32. The van der Waals surface area contributed by atoms with Crippen LogP contribution in [-0.4, -0.2) is 30.9 Å². The lowest BCUT2D eigenvalue weighted by atomic mass is 10.1. The number of halogens is 1. The first-order valence-corrected chi connectivity index (χ1v) is 7.60. The summed E-state index contributed by atoms with van der Waals surface area (Å²) in [5.41, 5.74) is -0.149. The van der Waals surface area contributed by atoms with Gasteiger partial charge in [0, 0.05) is 12.1 Å². The summed E-state index contributed by atoms with van der Waals surface area (Å²) >= 11 is 0. The first-order chi connectivity index (χ1) is 8.87. The highest BCUT2D eigenvalue weighted by atomic mass is 32.2. The van der Waals surface area contributed by atoms with Crippen molar-refractivity contribution in [1.82, 2.24) is 0 Å². The number of nitro benzene ring substituents is 1. The number of non-ortho nitro benzene ring substituents is 1. The van der Waals surface area contributed by atoms with Crippen molar-refractivity contribution in [2.75, 3.05) is 16.8 Å². The van der Waals surface area contributed by atoms with E-state index in [2.05, 4.69) is 5.32 Å². The molecule has 1 saturated heterocycles. The molecule has 0 atom stereocenters. The van der Waals surface area contributed by atoms with Crippen molar-refractivity contribution in [1.29, 1.82) is 0 Å². The van der Waals surface area contributed by atoms with E-state index in [4.69, 9.17) is 0 Å². The fourth-order valence-electron chi connectivity index (χ4n) is 1.99. The van der Waals surface area contributed by atoms with Crippen LogP contribution in [0.3, 0.4) is 0 Å². The lowest BCUT2D eigenvalue weighted by Gasteiger charge is -2.24. The fraction of sp³-hybridized carbons (Fsp3) is 0.455. The second kappa shape index (κ2) is 5.12. The number of nitrogens with zero attached hydrogens (tertiary/aromatic N) is 1. The molecule has 0 unspecified atom stereocenters. The summed E-state index contributed by atoms with van der Waals surface area (Å²) in [6, 6.07) is 3.24. The Morgan fingerprint density at radius 1 is 1.32 bits per heavy atom. The summed E-state index contributed by atoms with van der Waals surface area (Å²) in [7, 11) is -2.96. The highest BCUT2D eigenvalue weighted by Crippen LogP contribution is 2.23. The Bertz CT molecular complexity index is 589. The van der Waals surface area contributed by atoms with E-state index in [1.807, 2.05) is 0 Å². The standard InChI is InChI=1S/C11H13FN2O4S/c12-10-7-9(14(15)16)1-2-11(10)13-8-3-5-19(17,18)6-4-8/h1-2,7-8,13H,3-6H2. The number of nitrogens with one attached hydrogen (secondary N) is 1. The maximum Gasteiger partial charge on any atom is 0.272 e. The van der Waals surface area contributed by atoms with Gasteiger partial charge >= 0.3 is 0 Å². The molecule has 1 aromatic rings. The Kier molecular flexibility index (Phi) is 3.70. The van der Waals surface area contributed by atoms with Gasteiger partial charge in [0.15, 0.2) is 5.82 Å². The largest absolute Gasteiger partial charge is 0.380 e. The molecule has 0 aliphatic carbocycles. The minimum absolute atomic E-state index is 0.0826.